The molecule has 0 fully saturated rings. The van der Waals surface area contributed by atoms with Crippen LogP contribution < -0.4 is 15.8 Å². The summed E-state index contributed by atoms with van der Waals surface area (Å²) >= 11 is 0. The van der Waals surface area contributed by atoms with E-state index in [1.54, 1.807) is 31.4 Å². The number of methoxy groups -OCH3 is 1. The molecule has 3 N–H and O–H groups in total. The molecule has 0 unspecified atom stereocenters. The Labute approximate surface area is 140 Å². The number of rotatable bonds is 4. The molecule has 0 aliphatic rings. The molecule has 3 rings (SSSR count). The largest absolute Gasteiger partial charge is 0.497 e. The summed E-state index contributed by atoms with van der Waals surface area (Å²) in [5.74, 6) is 0.610. The molecule has 24 heavy (non-hydrogen) atoms. The van der Waals surface area contributed by atoms with E-state index in [9.17, 15) is 4.79 Å². The second kappa shape index (κ2) is 6.87. The number of carbonyl (C=O) groups is 1. The number of nitrogen functional groups attached to an aromatic ring is 1. The van der Waals surface area contributed by atoms with E-state index < -0.39 is 0 Å². The van der Waals surface area contributed by atoms with Gasteiger partial charge in [-0.1, -0.05) is 36.4 Å². The number of benzene rings is 3. The summed E-state index contributed by atoms with van der Waals surface area (Å²) in [6.07, 6.45) is 0. The Hall–Kier alpha value is -3.27. The van der Waals surface area contributed by atoms with E-state index in [-0.39, 0.29) is 5.91 Å². The molecule has 0 spiro atoms. The molecule has 0 heterocycles. The van der Waals surface area contributed by atoms with Gasteiger partial charge in [-0.05, 0) is 47.5 Å². The van der Waals surface area contributed by atoms with E-state index in [1.807, 2.05) is 48.5 Å². The zero-order valence-electron chi connectivity index (χ0n) is 13.3. The second-order valence-electron chi connectivity index (χ2n) is 5.35. The van der Waals surface area contributed by atoms with E-state index >= 15 is 0 Å². The number of amides is 1. The van der Waals surface area contributed by atoms with Gasteiger partial charge in [0.15, 0.2) is 0 Å². The molecule has 0 aromatic heterocycles. The van der Waals surface area contributed by atoms with Crippen LogP contribution in [0, 0.1) is 0 Å². The molecule has 1 amide bonds. The van der Waals surface area contributed by atoms with Crippen LogP contribution in [-0.4, -0.2) is 13.0 Å². The van der Waals surface area contributed by atoms with Crippen molar-refractivity contribution in [2.75, 3.05) is 18.2 Å². The molecule has 4 heteroatoms. The summed E-state index contributed by atoms with van der Waals surface area (Å²) in [4.78, 5) is 12.3. The zero-order chi connectivity index (χ0) is 16.9. The van der Waals surface area contributed by atoms with Crippen LogP contribution in [0.1, 0.15) is 10.4 Å². The maximum atomic E-state index is 12.3. The molecule has 0 atom stereocenters. The summed E-state index contributed by atoms with van der Waals surface area (Å²) in [6.45, 7) is 0. The van der Waals surface area contributed by atoms with Crippen LogP contribution in [0.4, 0.5) is 11.4 Å². The Morgan fingerprint density at radius 2 is 1.67 bits per heavy atom. The van der Waals surface area contributed by atoms with Gasteiger partial charge >= 0.3 is 0 Å². The van der Waals surface area contributed by atoms with Crippen LogP contribution >= 0.6 is 0 Å². The van der Waals surface area contributed by atoms with Gasteiger partial charge in [0.1, 0.15) is 5.75 Å². The second-order valence-corrected chi connectivity index (χ2v) is 5.35. The molecule has 0 saturated heterocycles. The van der Waals surface area contributed by atoms with Gasteiger partial charge < -0.3 is 15.8 Å². The smallest absolute Gasteiger partial charge is 0.255 e. The Kier molecular flexibility index (Phi) is 4.47. The van der Waals surface area contributed by atoms with Crippen molar-refractivity contribution in [1.29, 1.82) is 0 Å². The van der Waals surface area contributed by atoms with Crippen molar-refractivity contribution >= 4 is 17.3 Å². The highest BCUT2D eigenvalue weighted by Crippen LogP contribution is 2.24. The van der Waals surface area contributed by atoms with Crippen molar-refractivity contribution in [1.82, 2.24) is 0 Å². The number of carbonyl (C=O) groups excluding carboxylic acids is 1. The Morgan fingerprint density at radius 3 is 2.38 bits per heavy atom. The fourth-order valence-electron chi connectivity index (χ4n) is 2.42. The number of hydrogen-bond donors (Lipinski definition) is 2. The van der Waals surface area contributed by atoms with Crippen LogP contribution in [0.15, 0.2) is 72.8 Å². The summed E-state index contributed by atoms with van der Waals surface area (Å²) in [5, 5.41) is 2.82. The minimum Gasteiger partial charge on any atom is -0.497 e. The van der Waals surface area contributed by atoms with Crippen LogP contribution in [0.2, 0.25) is 0 Å². The zero-order valence-corrected chi connectivity index (χ0v) is 13.3. The quantitative estimate of drug-likeness (QED) is 0.709. The van der Waals surface area contributed by atoms with Gasteiger partial charge in [-0.15, -0.1) is 0 Å². The van der Waals surface area contributed by atoms with E-state index in [2.05, 4.69) is 5.32 Å². The van der Waals surface area contributed by atoms with Crippen LogP contribution in [0.3, 0.4) is 0 Å². The Morgan fingerprint density at radius 1 is 0.917 bits per heavy atom. The van der Waals surface area contributed by atoms with Crippen LogP contribution in [0.5, 0.6) is 5.75 Å². The summed E-state index contributed by atoms with van der Waals surface area (Å²) in [5.41, 5.74) is 9.63. The lowest BCUT2D eigenvalue weighted by atomic mass is 10.0. The summed E-state index contributed by atoms with van der Waals surface area (Å²) < 4.78 is 5.24. The van der Waals surface area contributed by atoms with Crippen molar-refractivity contribution in [2.45, 2.75) is 0 Å². The molecule has 4 nitrogen and oxygen atoms in total. The number of hydrogen-bond acceptors (Lipinski definition) is 3. The first-order chi connectivity index (χ1) is 11.7. The lowest BCUT2D eigenvalue weighted by Crippen LogP contribution is -2.12. The number of para-hydroxylation sites is 2. The van der Waals surface area contributed by atoms with Crippen molar-refractivity contribution in [3.63, 3.8) is 0 Å². The van der Waals surface area contributed by atoms with E-state index in [4.69, 9.17) is 10.5 Å². The third-order valence-corrected chi connectivity index (χ3v) is 3.76. The highest BCUT2D eigenvalue weighted by Gasteiger charge is 2.08. The highest BCUT2D eigenvalue weighted by molar-refractivity contribution is 6.05. The number of nitrogens with one attached hydrogen (secondary N) is 1. The van der Waals surface area contributed by atoms with E-state index in [0.29, 0.717) is 16.9 Å². The first-order valence-corrected chi connectivity index (χ1v) is 7.58. The fourth-order valence-corrected chi connectivity index (χ4v) is 2.42. The molecule has 120 valence electrons. The molecular formula is C20H18N2O2. The molecule has 0 aliphatic carbocycles. The van der Waals surface area contributed by atoms with Crippen molar-refractivity contribution in [3.05, 3.63) is 78.4 Å². The predicted octanol–water partition coefficient (Wildman–Crippen LogP) is 4.20. The van der Waals surface area contributed by atoms with Crippen molar-refractivity contribution in [2.24, 2.45) is 0 Å². The molecule has 3 aromatic rings. The average molecular weight is 318 g/mol. The standard InChI is InChI=1S/C20H18N2O2/c1-24-17-6-4-5-16(13-17)14-9-11-15(12-10-14)20(23)22-19-8-3-2-7-18(19)21/h2-13H,21H2,1H3,(H,22,23). The summed E-state index contributed by atoms with van der Waals surface area (Å²) in [6, 6.07) is 22.4. The monoisotopic (exact) mass is 318 g/mol. The molecule has 0 bridgehead atoms. The minimum absolute atomic E-state index is 0.190. The van der Waals surface area contributed by atoms with Crippen LogP contribution in [-0.2, 0) is 0 Å². The minimum atomic E-state index is -0.190. The number of anilines is 2. The van der Waals surface area contributed by atoms with Gasteiger partial charge in [0.2, 0.25) is 0 Å². The van der Waals surface area contributed by atoms with Gasteiger partial charge in [-0.2, -0.15) is 0 Å². The number of ether oxygens (including phenoxy) is 1. The average Bonchev–Trinajstić information content (AvgIpc) is 2.64. The van der Waals surface area contributed by atoms with Gasteiger partial charge in [0, 0.05) is 5.56 Å². The lowest BCUT2D eigenvalue weighted by molar-refractivity contribution is 0.102. The first-order valence-electron chi connectivity index (χ1n) is 7.58. The maximum Gasteiger partial charge on any atom is 0.255 e. The van der Waals surface area contributed by atoms with Gasteiger partial charge in [0.25, 0.3) is 5.91 Å². The normalized spacial score (nSPS) is 10.2. The molecule has 3 aromatic carbocycles. The van der Waals surface area contributed by atoms with Crippen LogP contribution in [0.25, 0.3) is 11.1 Å². The maximum absolute atomic E-state index is 12.3. The molecule has 0 aliphatic heterocycles. The molecule has 0 radical (unpaired) electrons. The fraction of sp³-hybridized carbons (Fsp3) is 0.0500. The van der Waals surface area contributed by atoms with E-state index in [0.717, 1.165) is 16.9 Å². The predicted molar refractivity (Wildman–Crippen MR) is 97.2 cm³/mol. The highest BCUT2D eigenvalue weighted by atomic mass is 16.5. The SMILES string of the molecule is COc1cccc(-c2ccc(C(=O)Nc3ccccc3N)cc2)c1. The Balaban J connectivity index is 1.79. The number of nitrogens with two attached hydrogens (primary N) is 1. The van der Waals surface area contributed by atoms with Crippen molar-refractivity contribution < 1.29 is 9.53 Å². The van der Waals surface area contributed by atoms with E-state index in [1.165, 1.54) is 0 Å². The third-order valence-electron chi connectivity index (χ3n) is 3.76. The summed E-state index contributed by atoms with van der Waals surface area (Å²) in [7, 11) is 1.64. The van der Waals surface area contributed by atoms with Gasteiger partial charge in [-0.3, -0.25) is 4.79 Å². The van der Waals surface area contributed by atoms with Crippen molar-refractivity contribution in [3.8, 4) is 16.9 Å². The topological polar surface area (TPSA) is 64.3 Å². The third kappa shape index (κ3) is 3.38. The lowest BCUT2D eigenvalue weighted by Gasteiger charge is -2.09. The Bertz CT molecular complexity index is 858. The van der Waals surface area contributed by atoms with Gasteiger partial charge in [-0.25, -0.2) is 0 Å². The van der Waals surface area contributed by atoms with Gasteiger partial charge in [0.05, 0.1) is 18.5 Å². The first kappa shape index (κ1) is 15.6. The molecular weight excluding hydrogens is 300 g/mol. The molecule has 0 saturated carbocycles.